The largest absolute Gasteiger partial charge is 0.493 e. The van der Waals surface area contributed by atoms with Crippen LogP contribution in [0.5, 0.6) is 11.5 Å². The molecule has 0 atom stereocenters. The predicted molar refractivity (Wildman–Crippen MR) is 90.0 cm³/mol. The van der Waals surface area contributed by atoms with Crippen molar-refractivity contribution in [3.63, 3.8) is 0 Å². The molecule has 24 heavy (non-hydrogen) atoms. The number of benzene rings is 2. The van der Waals surface area contributed by atoms with E-state index >= 15 is 0 Å². The first-order valence-corrected chi connectivity index (χ1v) is 7.42. The van der Waals surface area contributed by atoms with E-state index in [1.54, 1.807) is 18.2 Å². The summed E-state index contributed by atoms with van der Waals surface area (Å²) >= 11 is 0. The van der Waals surface area contributed by atoms with Crippen LogP contribution in [0.4, 0.5) is 0 Å². The molecule has 0 saturated carbocycles. The third kappa shape index (κ3) is 4.74. The zero-order chi connectivity index (χ0) is 17.5. The average molecular weight is 328 g/mol. The van der Waals surface area contributed by atoms with Gasteiger partial charge in [-0.3, -0.25) is 9.59 Å². The van der Waals surface area contributed by atoms with Gasteiger partial charge in [0.1, 0.15) is 0 Å². The molecule has 0 spiro atoms. The van der Waals surface area contributed by atoms with Crippen molar-refractivity contribution in [2.24, 2.45) is 5.73 Å². The van der Waals surface area contributed by atoms with Crippen molar-refractivity contribution in [2.45, 2.75) is 13.5 Å². The van der Waals surface area contributed by atoms with Gasteiger partial charge in [-0.2, -0.15) is 0 Å². The van der Waals surface area contributed by atoms with E-state index in [2.05, 4.69) is 5.32 Å². The number of aryl methyl sites for hydroxylation is 1. The van der Waals surface area contributed by atoms with E-state index in [0.717, 1.165) is 11.1 Å². The van der Waals surface area contributed by atoms with Gasteiger partial charge in [-0.1, -0.05) is 29.8 Å². The van der Waals surface area contributed by atoms with Gasteiger partial charge in [-0.25, -0.2) is 0 Å². The van der Waals surface area contributed by atoms with Gasteiger partial charge in [0.25, 0.3) is 11.8 Å². The highest BCUT2D eigenvalue weighted by Crippen LogP contribution is 2.28. The summed E-state index contributed by atoms with van der Waals surface area (Å²) in [5.74, 6) is -0.0979. The van der Waals surface area contributed by atoms with Crippen LogP contribution in [0.1, 0.15) is 21.5 Å². The Balaban J connectivity index is 2.05. The third-order valence-electron chi connectivity index (χ3n) is 3.33. The minimum atomic E-state index is -0.586. The minimum absolute atomic E-state index is 0.226. The van der Waals surface area contributed by atoms with Crippen molar-refractivity contribution < 1.29 is 19.1 Å². The van der Waals surface area contributed by atoms with Crippen LogP contribution in [0.25, 0.3) is 0 Å². The highest BCUT2D eigenvalue weighted by molar-refractivity contribution is 5.94. The summed E-state index contributed by atoms with van der Waals surface area (Å²) in [5, 5.41) is 2.85. The molecule has 0 bridgehead atoms. The molecule has 126 valence electrons. The van der Waals surface area contributed by atoms with Crippen molar-refractivity contribution in [3.8, 4) is 11.5 Å². The first kappa shape index (κ1) is 17.3. The van der Waals surface area contributed by atoms with E-state index in [0.29, 0.717) is 23.6 Å². The van der Waals surface area contributed by atoms with Crippen molar-refractivity contribution in [1.82, 2.24) is 5.32 Å². The van der Waals surface area contributed by atoms with Crippen molar-refractivity contribution in [1.29, 1.82) is 0 Å². The zero-order valence-electron chi connectivity index (χ0n) is 13.7. The summed E-state index contributed by atoms with van der Waals surface area (Å²) in [5.41, 5.74) is 7.65. The fourth-order valence-electron chi connectivity index (χ4n) is 2.18. The number of nitrogens with one attached hydrogen (secondary N) is 1. The fraction of sp³-hybridized carbons (Fsp3) is 0.222. The van der Waals surface area contributed by atoms with Gasteiger partial charge >= 0.3 is 0 Å². The summed E-state index contributed by atoms with van der Waals surface area (Å²) < 4.78 is 10.4. The maximum Gasteiger partial charge on any atom is 0.255 e. The Morgan fingerprint density at radius 2 is 1.92 bits per heavy atom. The van der Waals surface area contributed by atoms with E-state index in [-0.39, 0.29) is 12.5 Å². The number of primary amides is 1. The normalized spacial score (nSPS) is 10.1. The molecule has 0 fully saturated rings. The Morgan fingerprint density at radius 1 is 1.12 bits per heavy atom. The highest BCUT2D eigenvalue weighted by atomic mass is 16.5. The fourth-order valence-corrected chi connectivity index (χ4v) is 2.18. The number of nitrogens with two attached hydrogens (primary N) is 1. The molecule has 0 saturated heterocycles. The molecular weight excluding hydrogens is 308 g/mol. The summed E-state index contributed by atoms with van der Waals surface area (Å²) in [6.45, 7) is 2.18. The van der Waals surface area contributed by atoms with E-state index < -0.39 is 5.91 Å². The number of hydrogen-bond acceptors (Lipinski definition) is 4. The average Bonchev–Trinajstić information content (AvgIpc) is 2.57. The molecule has 2 aromatic carbocycles. The first-order chi connectivity index (χ1) is 11.5. The summed E-state index contributed by atoms with van der Waals surface area (Å²) in [6.07, 6.45) is 0. The molecule has 0 radical (unpaired) electrons. The standard InChI is InChI=1S/C18H20N2O4/c1-12-4-3-5-13(8-12)10-20-18(22)14-6-7-15(16(9-14)23-2)24-11-17(19)21/h3-9H,10-11H2,1-2H3,(H2,19,21)(H,20,22). The van der Waals surface area contributed by atoms with Crippen molar-refractivity contribution in [3.05, 3.63) is 59.2 Å². The molecule has 0 unspecified atom stereocenters. The Morgan fingerprint density at radius 3 is 2.58 bits per heavy atom. The lowest BCUT2D eigenvalue weighted by Gasteiger charge is -2.11. The number of ether oxygens (including phenoxy) is 2. The van der Waals surface area contributed by atoms with Gasteiger partial charge in [-0.05, 0) is 30.7 Å². The number of rotatable bonds is 7. The van der Waals surface area contributed by atoms with Crippen molar-refractivity contribution >= 4 is 11.8 Å². The molecule has 0 aliphatic heterocycles. The van der Waals surface area contributed by atoms with Gasteiger partial charge in [-0.15, -0.1) is 0 Å². The molecule has 2 rings (SSSR count). The number of carbonyl (C=O) groups excluding carboxylic acids is 2. The maximum absolute atomic E-state index is 12.3. The van der Waals surface area contributed by atoms with Gasteiger partial charge < -0.3 is 20.5 Å². The highest BCUT2D eigenvalue weighted by Gasteiger charge is 2.12. The van der Waals surface area contributed by atoms with E-state index in [1.165, 1.54) is 7.11 Å². The first-order valence-electron chi connectivity index (χ1n) is 7.42. The van der Waals surface area contributed by atoms with E-state index in [9.17, 15) is 9.59 Å². The van der Waals surface area contributed by atoms with E-state index in [1.807, 2.05) is 31.2 Å². The van der Waals surface area contributed by atoms with Crippen LogP contribution in [0, 0.1) is 6.92 Å². The van der Waals surface area contributed by atoms with Crippen LogP contribution in [0.15, 0.2) is 42.5 Å². The van der Waals surface area contributed by atoms with Gasteiger partial charge in [0.2, 0.25) is 0 Å². The molecule has 6 heteroatoms. The molecule has 0 aliphatic rings. The van der Waals surface area contributed by atoms with Crippen LogP contribution in [0.3, 0.4) is 0 Å². The number of methoxy groups -OCH3 is 1. The van der Waals surface area contributed by atoms with Crippen LogP contribution < -0.4 is 20.5 Å². The molecule has 3 N–H and O–H groups in total. The van der Waals surface area contributed by atoms with Crippen LogP contribution in [0.2, 0.25) is 0 Å². The maximum atomic E-state index is 12.3. The Bertz CT molecular complexity index is 744. The summed E-state index contributed by atoms with van der Waals surface area (Å²) in [4.78, 5) is 23.1. The molecule has 0 heterocycles. The smallest absolute Gasteiger partial charge is 0.255 e. The minimum Gasteiger partial charge on any atom is -0.493 e. The quantitative estimate of drug-likeness (QED) is 0.811. The molecule has 2 amide bonds. The van der Waals surface area contributed by atoms with Crippen molar-refractivity contribution in [2.75, 3.05) is 13.7 Å². The monoisotopic (exact) mass is 328 g/mol. The Hall–Kier alpha value is -3.02. The number of amides is 2. The van der Waals surface area contributed by atoms with Crippen LogP contribution in [-0.4, -0.2) is 25.5 Å². The van der Waals surface area contributed by atoms with Crippen LogP contribution >= 0.6 is 0 Å². The molecule has 0 aliphatic carbocycles. The second-order valence-corrected chi connectivity index (χ2v) is 5.29. The lowest BCUT2D eigenvalue weighted by atomic mass is 10.1. The number of carbonyl (C=O) groups is 2. The van der Waals surface area contributed by atoms with Crippen LogP contribution in [-0.2, 0) is 11.3 Å². The zero-order valence-corrected chi connectivity index (χ0v) is 13.7. The molecule has 2 aromatic rings. The summed E-state index contributed by atoms with van der Waals surface area (Å²) in [6, 6.07) is 12.7. The molecule has 0 aromatic heterocycles. The second kappa shape index (κ2) is 8.01. The summed E-state index contributed by atoms with van der Waals surface area (Å²) in [7, 11) is 1.46. The predicted octanol–water partition coefficient (Wildman–Crippen LogP) is 1.80. The van der Waals surface area contributed by atoms with Gasteiger partial charge in [0.15, 0.2) is 18.1 Å². The topological polar surface area (TPSA) is 90.7 Å². The molecular formula is C18H20N2O4. The molecule has 6 nitrogen and oxygen atoms in total. The Kier molecular flexibility index (Phi) is 5.78. The second-order valence-electron chi connectivity index (χ2n) is 5.29. The SMILES string of the molecule is COc1cc(C(=O)NCc2cccc(C)c2)ccc1OCC(N)=O. The third-order valence-corrected chi connectivity index (χ3v) is 3.33. The van der Waals surface area contributed by atoms with Gasteiger partial charge in [0, 0.05) is 12.1 Å². The lowest BCUT2D eigenvalue weighted by Crippen LogP contribution is -2.23. The van der Waals surface area contributed by atoms with Gasteiger partial charge in [0.05, 0.1) is 7.11 Å². The lowest BCUT2D eigenvalue weighted by molar-refractivity contribution is -0.119. The number of hydrogen-bond donors (Lipinski definition) is 2. The Labute approximate surface area is 140 Å². The van der Waals surface area contributed by atoms with E-state index in [4.69, 9.17) is 15.2 Å².